The van der Waals surface area contributed by atoms with Gasteiger partial charge >= 0.3 is 0 Å². The molecule has 36 heavy (non-hydrogen) atoms. The summed E-state index contributed by atoms with van der Waals surface area (Å²) in [4.78, 5) is 12.9. The van der Waals surface area contributed by atoms with E-state index >= 15 is 0 Å². The summed E-state index contributed by atoms with van der Waals surface area (Å²) in [5.41, 5.74) is 5.60. The van der Waals surface area contributed by atoms with Crippen molar-refractivity contribution in [2.45, 2.75) is 25.7 Å². The molecular weight excluding hydrogens is 502 g/mol. The fraction of sp³-hybridized carbons (Fsp3) is 0.231. The number of halogens is 1. The monoisotopic (exact) mass is 529 g/mol. The van der Waals surface area contributed by atoms with Gasteiger partial charge in [-0.15, -0.1) is 0 Å². The van der Waals surface area contributed by atoms with E-state index in [2.05, 4.69) is 10.5 Å². The third-order valence-electron chi connectivity index (χ3n) is 5.49. The van der Waals surface area contributed by atoms with E-state index in [-0.39, 0.29) is 10.6 Å². The predicted octanol–water partition coefficient (Wildman–Crippen LogP) is 4.71. The highest BCUT2D eigenvalue weighted by Gasteiger charge is 2.27. The molecule has 0 atom stereocenters. The third-order valence-corrected chi connectivity index (χ3v) is 7.68. The summed E-state index contributed by atoms with van der Waals surface area (Å²) in [5.74, 6) is 0.455. The van der Waals surface area contributed by atoms with Gasteiger partial charge in [-0.3, -0.25) is 9.10 Å². The molecule has 3 aromatic carbocycles. The average molecular weight is 530 g/mol. The number of amides is 1. The largest absolute Gasteiger partial charge is 0.493 e. The Hall–Kier alpha value is -3.56. The number of carbonyl (C=O) groups excluding carboxylic acids is 1. The predicted molar refractivity (Wildman–Crippen MR) is 142 cm³/mol. The first-order valence-electron chi connectivity index (χ1n) is 11.0. The molecule has 0 saturated carbocycles. The Morgan fingerprint density at radius 3 is 2.25 bits per heavy atom. The van der Waals surface area contributed by atoms with Crippen molar-refractivity contribution in [3.8, 4) is 11.5 Å². The number of carbonyl (C=O) groups is 1. The van der Waals surface area contributed by atoms with Gasteiger partial charge in [-0.1, -0.05) is 35.4 Å². The lowest BCUT2D eigenvalue weighted by molar-refractivity contribution is -0.119. The van der Waals surface area contributed by atoms with Crippen molar-refractivity contribution in [1.29, 1.82) is 0 Å². The quantitative estimate of drug-likeness (QED) is 0.320. The number of ether oxygens (including phenoxy) is 2. The Labute approximate surface area is 216 Å². The number of hydrogen-bond acceptors (Lipinski definition) is 6. The molecule has 1 N–H and O–H groups in total. The Morgan fingerprint density at radius 1 is 0.972 bits per heavy atom. The van der Waals surface area contributed by atoms with Crippen molar-refractivity contribution in [2.24, 2.45) is 5.10 Å². The summed E-state index contributed by atoms with van der Waals surface area (Å²) in [7, 11) is -1.01. The molecule has 8 nitrogen and oxygen atoms in total. The zero-order valence-electron chi connectivity index (χ0n) is 20.7. The lowest BCUT2D eigenvalue weighted by Crippen LogP contribution is -2.39. The summed E-state index contributed by atoms with van der Waals surface area (Å²) in [5, 5.41) is 4.53. The second kappa shape index (κ2) is 11.5. The van der Waals surface area contributed by atoms with Gasteiger partial charge in [-0.05, 0) is 68.8 Å². The van der Waals surface area contributed by atoms with Crippen LogP contribution in [0.15, 0.2) is 70.7 Å². The fourth-order valence-electron chi connectivity index (χ4n) is 3.33. The van der Waals surface area contributed by atoms with Crippen LogP contribution in [0.3, 0.4) is 0 Å². The van der Waals surface area contributed by atoms with Gasteiger partial charge in [0.2, 0.25) is 0 Å². The fourth-order valence-corrected chi connectivity index (χ4v) is 4.91. The molecule has 0 radical (unpaired) electrons. The summed E-state index contributed by atoms with van der Waals surface area (Å²) < 4.78 is 38.6. The molecule has 0 bridgehead atoms. The molecule has 0 aliphatic heterocycles. The zero-order valence-corrected chi connectivity index (χ0v) is 22.3. The van der Waals surface area contributed by atoms with Crippen LogP contribution in [0, 0.1) is 13.8 Å². The molecular formula is C26H28ClN3O5S. The van der Waals surface area contributed by atoms with Crippen LogP contribution < -0.4 is 19.2 Å². The van der Waals surface area contributed by atoms with Crippen molar-refractivity contribution < 1.29 is 22.7 Å². The number of hydrazone groups is 1. The Bertz CT molecular complexity index is 1390. The van der Waals surface area contributed by atoms with Gasteiger partial charge in [0, 0.05) is 10.6 Å². The molecule has 0 saturated heterocycles. The van der Waals surface area contributed by atoms with Crippen LogP contribution in [0.4, 0.5) is 5.69 Å². The zero-order chi connectivity index (χ0) is 26.5. The van der Waals surface area contributed by atoms with Gasteiger partial charge in [0.25, 0.3) is 15.9 Å². The van der Waals surface area contributed by atoms with E-state index in [1.807, 2.05) is 13.8 Å². The van der Waals surface area contributed by atoms with E-state index in [0.29, 0.717) is 27.8 Å². The molecule has 0 unspecified atom stereocenters. The summed E-state index contributed by atoms with van der Waals surface area (Å²) in [6.45, 7) is 4.88. The van der Waals surface area contributed by atoms with Crippen molar-refractivity contribution in [2.75, 3.05) is 25.1 Å². The molecule has 3 rings (SSSR count). The number of aryl methyl sites for hydroxylation is 2. The maximum Gasteiger partial charge on any atom is 0.264 e. The number of methoxy groups -OCH3 is 2. The third kappa shape index (κ3) is 6.16. The number of hydrogen-bond donors (Lipinski definition) is 1. The van der Waals surface area contributed by atoms with Crippen LogP contribution in [-0.4, -0.2) is 40.8 Å². The van der Waals surface area contributed by atoms with Gasteiger partial charge in [0.1, 0.15) is 6.54 Å². The van der Waals surface area contributed by atoms with Crippen LogP contribution >= 0.6 is 11.6 Å². The Kier molecular flexibility index (Phi) is 8.60. The molecule has 0 fully saturated rings. The Morgan fingerprint density at radius 2 is 1.64 bits per heavy atom. The second-order valence-electron chi connectivity index (χ2n) is 8.06. The number of sulfonamides is 1. The summed E-state index contributed by atoms with van der Waals surface area (Å²) >= 11 is 6.27. The minimum Gasteiger partial charge on any atom is -0.493 e. The highest BCUT2D eigenvalue weighted by Crippen LogP contribution is 2.29. The second-order valence-corrected chi connectivity index (χ2v) is 10.3. The molecule has 0 spiro atoms. The van der Waals surface area contributed by atoms with Crippen LogP contribution in [-0.2, 0) is 14.8 Å². The van der Waals surface area contributed by atoms with Crippen LogP contribution in [0.1, 0.15) is 23.6 Å². The van der Waals surface area contributed by atoms with E-state index in [9.17, 15) is 13.2 Å². The number of anilines is 1. The molecule has 190 valence electrons. The molecule has 3 aromatic rings. The Balaban J connectivity index is 1.89. The van der Waals surface area contributed by atoms with Gasteiger partial charge in [0.15, 0.2) is 11.5 Å². The van der Waals surface area contributed by atoms with Crippen LogP contribution in [0.5, 0.6) is 11.5 Å². The smallest absolute Gasteiger partial charge is 0.264 e. The molecule has 0 aliphatic rings. The van der Waals surface area contributed by atoms with Gasteiger partial charge in [0.05, 0.1) is 30.5 Å². The maximum absolute atomic E-state index is 13.5. The van der Waals surface area contributed by atoms with Gasteiger partial charge in [-0.25, -0.2) is 13.8 Å². The van der Waals surface area contributed by atoms with Crippen molar-refractivity contribution >= 4 is 38.9 Å². The van der Waals surface area contributed by atoms with E-state index in [1.165, 1.54) is 32.4 Å². The number of nitrogens with zero attached hydrogens (tertiary/aromatic N) is 2. The molecule has 10 heteroatoms. The van der Waals surface area contributed by atoms with Gasteiger partial charge < -0.3 is 9.47 Å². The average Bonchev–Trinajstić information content (AvgIpc) is 2.87. The standard InChI is InChI=1S/C26H28ClN3O5S/c1-17-6-11-22(12-7-17)36(32,33)30(21-10-8-18(2)23(27)15-21)16-26(31)29-28-19(3)20-9-13-24(34-4)25(14-20)35-5/h6-15H,16H2,1-5H3,(H,29,31)/b28-19-. The molecule has 1 amide bonds. The number of rotatable bonds is 9. The van der Waals surface area contributed by atoms with E-state index in [1.54, 1.807) is 49.4 Å². The van der Waals surface area contributed by atoms with E-state index in [4.69, 9.17) is 21.1 Å². The van der Waals surface area contributed by atoms with Crippen molar-refractivity contribution in [3.05, 3.63) is 82.4 Å². The SMILES string of the molecule is COc1ccc(/C(C)=N\NC(=O)CN(c2ccc(C)c(Cl)c2)S(=O)(=O)c2ccc(C)cc2)cc1OC. The van der Waals surface area contributed by atoms with Gasteiger partial charge in [-0.2, -0.15) is 5.10 Å². The normalized spacial score (nSPS) is 11.7. The number of benzene rings is 3. The van der Waals surface area contributed by atoms with Crippen molar-refractivity contribution in [1.82, 2.24) is 5.43 Å². The van der Waals surface area contributed by atoms with Crippen LogP contribution in [0.25, 0.3) is 0 Å². The molecule has 0 aromatic heterocycles. The lowest BCUT2D eigenvalue weighted by Gasteiger charge is -2.24. The first-order valence-corrected chi connectivity index (χ1v) is 12.8. The minimum absolute atomic E-state index is 0.0580. The van der Waals surface area contributed by atoms with E-state index < -0.39 is 22.5 Å². The van der Waals surface area contributed by atoms with Crippen molar-refractivity contribution in [3.63, 3.8) is 0 Å². The summed E-state index contributed by atoms with van der Waals surface area (Å²) in [6, 6.07) is 16.5. The maximum atomic E-state index is 13.5. The highest BCUT2D eigenvalue weighted by atomic mass is 35.5. The molecule has 0 aliphatic carbocycles. The highest BCUT2D eigenvalue weighted by molar-refractivity contribution is 7.92. The lowest BCUT2D eigenvalue weighted by atomic mass is 10.1. The van der Waals surface area contributed by atoms with Crippen LogP contribution in [0.2, 0.25) is 5.02 Å². The topological polar surface area (TPSA) is 97.3 Å². The number of nitrogens with one attached hydrogen (secondary N) is 1. The first kappa shape index (κ1) is 27.0. The molecule has 0 heterocycles. The first-order chi connectivity index (χ1) is 17.1. The summed E-state index contributed by atoms with van der Waals surface area (Å²) in [6.07, 6.45) is 0. The van der Waals surface area contributed by atoms with E-state index in [0.717, 1.165) is 15.4 Å². The minimum atomic E-state index is -4.07.